The van der Waals surface area contributed by atoms with Crippen molar-refractivity contribution < 1.29 is 0 Å². The van der Waals surface area contributed by atoms with E-state index in [-0.39, 0.29) is 0 Å². The molecule has 0 aromatic carbocycles. The highest BCUT2D eigenvalue weighted by molar-refractivity contribution is 6.16. The van der Waals surface area contributed by atoms with Crippen LogP contribution in [0.3, 0.4) is 0 Å². The summed E-state index contributed by atoms with van der Waals surface area (Å²) in [5, 5.41) is 4.36. The molecule has 0 fully saturated rings. The standard InChI is InChI=1S/C12H12ClN5/c1-17-6-4-9(16-17)8-18-11(7-13)15-10-3-2-5-14-12(10)18/h2-6H,7-8H2,1H3. The molecule has 18 heavy (non-hydrogen) atoms. The summed E-state index contributed by atoms with van der Waals surface area (Å²) in [6.07, 6.45) is 3.68. The van der Waals surface area contributed by atoms with E-state index in [0.717, 1.165) is 22.7 Å². The van der Waals surface area contributed by atoms with E-state index >= 15 is 0 Å². The molecule has 3 heterocycles. The number of alkyl halides is 1. The van der Waals surface area contributed by atoms with E-state index in [2.05, 4.69) is 15.1 Å². The minimum atomic E-state index is 0.364. The van der Waals surface area contributed by atoms with Gasteiger partial charge in [0.2, 0.25) is 0 Å². The zero-order chi connectivity index (χ0) is 12.5. The van der Waals surface area contributed by atoms with Crippen LogP contribution in [0.5, 0.6) is 0 Å². The summed E-state index contributed by atoms with van der Waals surface area (Å²) in [6.45, 7) is 0.635. The lowest BCUT2D eigenvalue weighted by atomic mass is 10.4. The average Bonchev–Trinajstić information content (AvgIpc) is 2.94. The van der Waals surface area contributed by atoms with Crippen molar-refractivity contribution in [2.75, 3.05) is 0 Å². The van der Waals surface area contributed by atoms with Crippen LogP contribution >= 0.6 is 11.6 Å². The molecule has 0 radical (unpaired) electrons. The van der Waals surface area contributed by atoms with Crippen LogP contribution in [0.2, 0.25) is 0 Å². The van der Waals surface area contributed by atoms with Gasteiger partial charge in [-0.1, -0.05) is 0 Å². The Kier molecular flexibility index (Phi) is 2.76. The zero-order valence-electron chi connectivity index (χ0n) is 9.91. The number of pyridine rings is 1. The Morgan fingerprint density at radius 2 is 2.22 bits per heavy atom. The fraction of sp³-hybridized carbons (Fsp3) is 0.250. The average molecular weight is 262 g/mol. The van der Waals surface area contributed by atoms with Gasteiger partial charge in [0.25, 0.3) is 0 Å². The maximum absolute atomic E-state index is 5.94. The lowest BCUT2D eigenvalue weighted by Gasteiger charge is -2.04. The Bertz CT molecular complexity index is 685. The third-order valence-corrected chi connectivity index (χ3v) is 3.03. The van der Waals surface area contributed by atoms with Gasteiger partial charge in [-0.2, -0.15) is 5.10 Å². The number of nitrogens with zero attached hydrogens (tertiary/aromatic N) is 5. The van der Waals surface area contributed by atoms with Gasteiger partial charge < -0.3 is 4.57 Å². The molecular weight excluding hydrogens is 250 g/mol. The third kappa shape index (κ3) is 1.86. The molecule has 92 valence electrons. The second-order valence-electron chi connectivity index (χ2n) is 4.07. The quantitative estimate of drug-likeness (QED) is 0.677. The molecule has 0 amide bonds. The number of imidazole rings is 1. The van der Waals surface area contributed by atoms with Gasteiger partial charge in [-0.3, -0.25) is 4.68 Å². The van der Waals surface area contributed by atoms with Crippen molar-refractivity contribution >= 4 is 22.8 Å². The van der Waals surface area contributed by atoms with Gasteiger partial charge in [0, 0.05) is 19.4 Å². The van der Waals surface area contributed by atoms with Crippen molar-refractivity contribution in [2.24, 2.45) is 7.05 Å². The third-order valence-electron chi connectivity index (χ3n) is 2.79. The van der Waals surface area contributed by atoms with Crippen molar-refractivity contribution in [3.05, 3.63) is 42.1 Å². The second kappa shape index (κ2) is 4.42. The summed E-state index contributed by atoms with van der Waals surface area (Å²) in [6, 6.07) is 5.79. The van der Waals surface area contributed by atoms with E-state index < -0.39 is 0 Å². The monoisotopic (exact) mass is 261 g/mol. The first-order chi connectivity index (χ1) is 8.78. The van der Waals surface area contributed by atoms with Crippen LogP contribution in [0.1, 0.15) is 11.5 Å². The lowest BCUT2D eigenvalue weighted by Crippen LogP contribution is -2.05. The summed E-state index contributed by atoms with van der Waals surface area (Å²) in [5.74, 6) is 1.18. The molecule has 3 aromatic heterocycles. The minimum absolute atomic E-state index is 0.364. The van der Waals surface area contributed by atoms with Crippen LogP contribution in [-0.2, 0) is 19.5 Å². The van der Waals surface area contributed by atoms with Crippen LogP contribution in [-0.4, -0.2) is 24.3 Å². The topological polar surface area (TPSA) is 48.5 Å². The van der Waals surface area contributed by atoms with Crippen molar-refractivity contribution in [1.82, 2.24) is 24.3 Å². The van der Waals surface area contributed by atoms with Crippen LogP contribution in [0.15, 0.2) is 30.6 Å². The molecule has 0 aliphatic carbocycles. The molecule has 5 nitrogen and oxygen atoms in total. The van der Waals surface area contributed by atoms with E-state index in [1.807, 2.05) is 36.0 Å². The molecule has 0 spiro atoms. The van der Waals surface area contributed by atoms with Crippen LogP contribution in [0.25, 0.3) is 11.2 Å². The Morgan fingerprint density at radius 1 is 1.33 bits per heavy atom. The second-order valence-corrected chi connectivity index (χ2v) is 4.34. The summed E-state index contributed by atoms with van der Waals surface area (Å²) >= 11 is 5.94. The molecule has 0 aliphatic rings. The Labute approximate surface area is 109 Å². The normalized spacial score (nSPS) is 11.2. The summed E-state index contributed by atoms with van der Waals surface area (Å²) < 4.78 is 3.78. The van der Waals surface area contributed by atoms with Crippen LogP contribution in [0.4, 0.5) is 0 Å². The smallest absolute Gasteiger partial charge is 0.160 e. The van der Waals surface area contributed by atoms with Crippen molar-refractivity contribution in [1.29, 1.82) is 0 Å². The first-order valence-corrected chi connectivity index (χ1v) is 6.16. The van der Waals surface area contributed by atoms with Gasteiger partial charge in [-0.25, -0.2) is 9.97 Å². The van der Waals surface area contributed by atoms with Gasteiger partial charge in [0.05, 0.1) is 18.1 Å². The summed E-state index contributed by atoms with van der Waals surface area (Å²) in [7, 11) is 1.90. The van der Waals surface area contributed by atoms with Gasteiger partial charge >= 0.3 is 0 Å². The number of fused-ring (bicyclic) bond motifs is 1. The molecule has 0 aliphatic heterocycles. The fourth-order valence-corrected chi connectivity index (χ4v) is 2.19. The highest BCUT2D eigenvalue weighted by atomic mass is 35.5. The first-order valence-electron chi connectivity index (χ1n) is 5.62. The molecule has 0 N–H and O–H groups in total. The number of aromatic nitrogens is 5. The summed E-state index contributed by atoms with van der Waals surface area (Å²) in [4.78, 5) is 8.83. The predicted molar refractivity (Wildman–Crippen MR) is 69.4 cm³/mol. The van der Waals surface area contributed by atoms with Crippen molar-refractivity contribution in [2.45, 2.75) is 12.4 Å². The Balaban J connectivity index is 2.09. The van der Waals surface area contributed by atoms with Gasteiger partial charge in [-0.05, 0) is 18.2 Å². The lowest BCUT2D eigenvalue weighted by molar-refractivity contribution is 0.698. The molecule has 0 atom stereocenters. The Hall–Kier alpha value is -1.88. The van der Waals surface area contributed by atoms with Crippen molar-refractivity contribution in [3.8, 4) is 0 Å². The molecular formula is C12H12ClN5. The largest absolute Gasteiger partial charge is 0.306 e. The van der Waals surface area contributed by atoms with Gasteiger partial charge in [-0.15, -0.1) is 11.6 Å². The van der Waals surface area contributed by atoms with E-state index in [1.54, 1.807) is 10.9 Å². The number of halogens is 1. The van der Waals surface area contributed by atoms with Crippen LogP contribution < -0.4 is 0 Å². The molecule has 0 bridgehead atoms. The zero-order valence-corrected chi connectivity index (χ0v) is 10.7. The highest BCUT2D eigenvalue weighted by Crippen LogP contribution is 2.16. The first kappa shape index (κ1) is 11.2. The molecule has 0 saturated heterocycles. The van der Waals surface area contributed by atoms with E-state index in [9.17, 15) is 0 Å². The van der Waals surface area contributed by atoms with E-state index in [1.165, 1.54) is 0 Å². The molecule has 6 heteroatoms. The predicted octanol–water partition coefficient (Wildman–Crippen LogP) is 1.95. The SMILES string of the molecule is Cn1ccc(Cn2c(CCl)nc3cccnc32)n1. The van der Waals surface area contributed by atoms with Crippen LogP contribution in [0, 0.1) is 0 Å². The summed E-state index contributed by atoms with van der Waals surface area (Å²) in [5.41, 5.74) is 2.68. The molecule has 0 unspecified atom stereocenters. The number of hydrogen-bond donors (Lipinski definition) is 0. The molecule has 3 rings (SSSR count). The maximum Gasteiger partial charge on any atom is 0.160 e. The fourth-order valence-electron chi connectivity index (χ4n) is 1.98. The number of rotatable bonds is 3. The van der Waals surface area contributed by atoms with Crippen molar-refractivity contribution in [3.63, 3.8) is 0 Å². The minimum Gasteiger partial charge on any atom is -0.306 e. The number of aryl methyl sites for hydroxylation is 1. The van der Waals surface area contributed by atoms with E-state index in [0.29, 0.717) is 12.4 Å². The Morgan fingerprint density at radius 3 is 2.94 bits per heavy atom. The highest BCUT2D eigenvalue weighted by Gasteiger charge is 2.11. The maximum atomic E-state index is 5.94. The van der Waals surface area contributed by atoms with Gasteiger partial charge in [0.1, 0.15) is 11.3 Å². The molecule has 0 saturated carbocycles. The van der Waals surface area contributed by atoms with Gasteiger partial charge in [0.15, 0.2) is 5.65 Å². The molecule has 3 aromatic rings. The number of hydrogen-bond acceptors (Lipinski definition) is 3. The van der Waals surface area contributed by atoms with E-state index in [4.69, 9.17) is 11.6 Å².